The van der Waals surface area contributed by atoms with Crippen LogP contribution in [0.4, 0.5) is 0 Å². The molecule has 0 bridgehead atoms. The summed E-state index contributed by atoms with van der Waals surface area (Å²) in [6.45, 7) is 2.16. The summed E-state index contributed by atoms with van der Waals surface area (Å²) in [5.74, 6) is 0.792. The Bertz CT molecular complexity index is 821. The van der Waals surface area contributed by atoms with Crippen molar-refractivity contribution in [1.82, 2.24) is 4.90 Å². The zero-order valence-corrected chi connectivity index (χ0v) is 16.5. The molecule has 2 aromatic rings. The summed E-state index contributed by atoms with van der Waals surface area (Å²) in [6, 6.07) is 13.0. The molecule has 1 saturated heterocycles. The van der Waals surface area contributed by atoms with Gasteiger partial charge in [-0.15, -0.1) is 0 Å². The topological polar surface area (TPSA) is 52.9 Å². The third kappa shape index (κ3) is 3.96. The van der Waals surface area contributed by atoms with Crippen molar-refractivity contribution in [2.24, 2.45) is 0 Å². The second kappa shape index (κ2) is 7.61. The van der Waals surface area contributed by atoms with E-state index < -0.39 is 12.2 Å². The first-order chi connectivity index (χ1) is 13.0. The fraction of sp³-hybridized carbons (Fsp3) is 0.429. The van der Waals surface area contributed by atoms with Gasteiger partial charge in [0.15, 0.2) is 0 Å². The predicted molar refractivity (Wildman–Crippen MR) is 106 cm³/mol. The second-order valence-corrected chi connectivity index (χ2v) is 8.35. The largest absolute Gasteiger partial charge is 0.487 e. The van der Waals surface area contributed by atoms with Crippen LogP contribution in [0.25, 0.3) is 0 Å². The molecule has 1 fully saturated rings. The summed E-state index contributed by atoms with van der Waals surface area (Å²) < 4.78 is 6.32. The molecule has 2 aliphatic heterocycles. The van der Waals surface area contributed by atoms with Crippen LogP contribution in [0.5, 0.6) is 5.75 Å². The number of aliphatic hydroxyl groups is 2. The van der Waals surface area contributed by atoms with Crippen molar-refractivity contribution >= 4 is 23.2 Å². The van der Waals surface area contributed by atoms with Crippen molar-refractivity contribution in [1.29, 1.82) is 0 Å². The van der Waals surface area contributed by atoms with E-state index in [0.29, 0.717) is 23.0 Å². The maximum absolute atomic E-state index is 10.5. The SMILES string of the molecule is O[C@@H](CN1CCC2(CC1)C[C@H](O)c1ccccc1O2)c1ccc(Cl)c(Cl)c1. The van der Waals surface area contributed by atoms with Crippen molar-refractivity contribution < 1.29 is 14.9 Å². The molecule has 2 aliphatic rings. The molecular formula is C21H23Cl2NO3. The predicted octanol–water partition coefficient (Wildman–Crippen LogP) is 4.38. The normalized spacial score (nSPS) is 22.9. The first kappa shape index (κ1) is 19.0. The van der Waals surface area contributed by atoms with Gasteiger partial charge in [0.25, 0.3) is 0 Å². The molecule has 4 nitrogen and oxygen atoms in total. The molecule has 2 heterocycles. The monoisotopic (exact) mass is 407 g/mol. The van der Waals surface area contributed by atoms with Crippen molar-refractivity contribution in [3.05, 3.63) is 63.6 Å². The summed E-state index contributed by atoms with van der Waals surface area (Å²) in [6.07, 6.45) is 1.17. The molecule has 0 aromatic heterocycles. The van der Waals surface area contributed by atoms with Crippen LogP contribution in [0.3, 0.4) is 0 Å². The number of β-amino-alcohol motifs (C(OH)–C–C–N with tert-alkyl or cyclic N) is 1. The van der Waals surface area contributed by atoms with E-state index in [1.165, 1.54) is 0 Å². The molecule has 2 aromatic carbocycles. The Morgan fingerprint density at radius 1 is 1.11 bits per heavy atom. The molecule has 0 amide bonds. The molecule has 144 valence electrons. The Morgan fingerprint density at radius 2 is 1.85 bits per heavy atom. The van der Waals surface area contributed by atoms with Gasteiger partial charge in [0.1, 0.15) is 11.4 Å². The number of piperidine rings is 1. The van der Waals surface area contributed by atoms with Gasteiger partial charge in [-0.1, -0.05) is 47.5 Å². The Morgan fingerprint density at radius 3 is 2.59 bits per heavy atom. The maximum atomic E-state index is 10.5. The number of fused-ring (bicyclic) bond motifs is 1. The number of halogens is 2. The van der Waals surface area contributed by atoms with E-state index in [-0.39, 0.29) is 5.60 Å². The highest BCUT2D eigenvalue weighted by Gasteiger charge is 2.42. The van der Waals surface area contributed by atoms with Crippen LogP contribution in [0.2, 0.25) is 10.0 Å². The molecule has 2 N–H and O–H groups in total. The van der Waals surface area contributed by atoms with E-state index in [1.54, 1.807) is 12.1 Å². The van der Waals surface area contributed by atoms with E-state index in [9.17, 15) is 10.2 Å². The zero-order chi connectivity index (χ0) is 19.0. The molecule has 0 radical (unpaired) electrons. The van der Waals surface area contributed by atoms with Crippen LogP contribution in [0.15, 0.2) is 42.5 Å². The molecule has 4 rings (SSSR count). The standard InChI is InChI=1S/C21H23Cl2NO3/c22-16-6-5-14(11-17(16)23)19(26)13-24-9-7-21(8-10-24)12-18(25)15-3-1-2-4-20(15)27-21/h1-6,11,18-19,25-26H,7-10,12-13H2/t18-,19-/m0/s1. The molecule has 0 unspecified atom stereocenters. The molecule has 1 spiro atoms. The molecular weight excluding hydrogens is 385 g/mol. The first-order valence-electron chi connectivity index (χ1n) is 9.27. The van der Waals surface area contributed by atoms with Crippen LogP contribution in [0, 0.1) is 0 Å². The van der Waals surface area contributed by atoms with E-state index in [2.05, 4.69) is 4.90 Å². The highest BCUT2D eigenvalue weighted by Crippen LogP contribution is 2.44. The highest BCUT2D eigenvalue weighted by molar-refractivity contribution is 6.42. The molecule has 6 heteroatoms. The number of para-hydroxylation sites is 1. The molecule has 0 aliphatic carbocycles. The zero-order valence-electron chi connectivity index (χ0n) is 14.9. The smallest absolute Gasteiger partial charge is 0.125 e. The van der Waals surface area contributed by atoms with Gasteiger partial charge in [0.05, 0.1) is 22.3 Å². The van der Waals surface area contributed by atoms with E-state index in [4.69, 9.17) is 27.9 Å². The number of ether oxygens (including phenoxy) is 1. The van der Waals surface area contributed by atoms with Gasteiger partial charge in [-0.3, -0.25) is 0 Å². The van der Waals surface area contributed by atoms with E-state index in [1.807, 2.05) is 30.3 Å². The Labute approximate surface area is 169 Å². The van der Waals surface area contributed by atoms with Crippen LogP contribution >= 0.6 is 23.2 Å². The van der Waals surface area contributed by atoms with Gasteiger partial charge >= 0.3 is 0 Å². The van der Waals surface area contributed by atoms with Crippen LogP contribution in [-0.2, 0) is 0 Å². The lowest BCUT2D eigenvalue weighted by Crippen LogP contribution is -2.51. The molecule has 0 saturated carbocycles. The van der Waals surface area contributed by atoms with Crippen molar-refractivity contribution in [3.63, 3.8) is 0 Å². The fourth-order valence-corrected chi connectivity index (χ4v) is 4.41. The summed E-state index contributed by atoms with van der Waals surface area (Å²) in [5, 5.41) is 22.0. The van der Waals surface area contributed by atoms with Crippen molar-refractivity contribution in [2.45, 2.75) is 37.1 Å². The summed E-state index contributed by atoms with van der Waals surface area (Å²) in [5.41, 5.74) is 1.32. The summed E-state index contributed by atoms with van der Waals surface area (Å²) in [4.78, 5) is 2.23. The number of hydrogen-bond donors (Lipinski definition) is 2. The third-order valence-electron chi connectivity index (χ3n) is 5.70. The van der Waals surface area contributed by atoms with E-state index in [0.717, 1.165) is 42.8 Å². The second-order valence-electron chi connectivity index (χ2n) is 7.53. The van der Waals surface area contributed by atoms with Crippen LogP contribution < -0.4 is 4.74 Å². The van der Waals surface area contributed by atoms with Gasteiger partial charge in [-0.2, -0.15) is 0 Å². The van der Waals surface area contributed by atoms with Gasteiger partial charge in [0.2, 0.25) is 0 Å². The highest BCUT2D eigenvalue weighted by atomic mass is 35.5. The number of nitrogens with zero attached hydrogens (tertiary/aromatic N) is 1. The number of benzene rings is 2. The lowest BCUT2D eigenvalue weighted by molar-refractivity contribution is -0.0587. The number of likely N-dealkylation sites (tertiary alicyclic amines) is 1. The molecule has 27 heavy (non-hydrogen) atoms. The number of hydrogen-bond acceptors (Lipinski definition) is 4. The van der Waals surface area contributed by atoms with Crippen LogP contribution in [-0.4, -0.2) is 40.3 Å². The fourth-order valence-electron chi connectivity index (χ4n) is 4.10. The Balaban J connectivity index is 1.38. The maximum Gasteiger partial charge on any atom is 0.125 e. The van der Waals surface area contributed by atoms with Gasteiger partial charge in [-0.25, -0.2) is 0 Å². The summed E-state index contributed by atoms with van der Waals surface area (Å²) >= 11 is 12.0. The van der Waals surface area contributed by atoms with Crippen molar-refractivity contribution in [3.8, 4) is 5.75 Å². The molecule has 2 atom stereocenters. The van der Waals surface area contributed by atoms with Gasteiger partial charge in [0, 0.05) is 31.6 Å². The Hall–Kier alpha value is -1.30. The number of aliphatic hydroxyl groups excluding tert-OH is 2. The lowest BCUT2D eigenvalue weighted by atomic mass is 9.81. The first-order valence-corrected chi connectivity index (χ1v) is 10.0. The minimum Gasteiger partial charge on any atom is -0.487 e. The average molecular weight is 408 g/mol. The minimum atomic E-state index is -0.618. The lowest BCUT2D eigenvalue weighted by Gasteiger charge is -2.46. The minimum absolute atomic E-state index is 0.321. The van der Waals surface area contributed by atoms with Gasteiger partial charge in [-0.05, 0) is 36.6 Å². The Kier molecular flexibility index (Phi) is 5.36. The third-order valence-corrected chi connectivity index (χ3v) is 6.44. The average Bonchev–Trinajstić information content (AvgIpc) is 2.66. The number of rotatable bonds is 3. The summed E-state index contributed by atoms with van der Waals surface area (Å²) in [7, 11) is 0. The van der Waals surface area contributed by atoms with Gasteiger partial charge < -0.3 is 19.8 Å². The van der Waals surface area contributed by atoms with E-state index >= 15 is 0 Å². The van der Waals surface area contributed by atoms with Crippen LogP contribution in [0.1, 0.15) is 42.6 Å². The quantitative estimate of drug-likeness (QED) is 0.792. The van der Waals surface area contributed by atoms with Crippen molar-refractivity contribution in [2.75, 3.05) is 19.6 Å².